The molecule has 1 amide bonds. The fraction of sp³-hybridized carbons (Fsp3) is 0.269. The van der Waals surface area contributed by atoms with E-state index in [9.17, 15) is 13.2 Å². The highest BCUT2D eigenvalue weighted by Crippen LogP contribution is 2.20. The van der Waals surface area contributed by atoms with Crippen LogP contribution in [0.15, 0.2) is 78.9 Å². The van der Waals surface area contributed by atoms with Crippen LogP contribution in [-0.4, -0.2) is 57.1 Å². The number of benzene rings is 3. The minimum atomic E-state index is -3.43. The molecule has 1 saturated heterocycles. The lowest BCUT2D eigenvalue weighted by atomic mass is 10.0. The molecule has 0 spiro atoms. The fourth-order valence-electron chi connectivity index (χ4n) is 4.02. The molecule has 0 saturated carbocycles. The molecule has 1 N–H and O–H groups in total. The van der Waals surface area contributed by atoms with Crippen LogP contribution in [0.1, 0.15) is 15.9 Å². The Morgan fingerprint density at radius 1 is 0.848 bits per heavy atom. The Bertz CT molecular complexity index is 1190. The lowest BCUT2D eigenvalue weighted by molar-refractivity contribution is 0.0956. The SMILES string of the molecule is Cc1cccc(N2CCN(S(=O)(=O)CCNC(=O)c3ccc(-c4ccccc4)cc3)CC2)c1. The molecule has 0 aromatic heterocycles. The third-order valence-corrected chi connectivity index (χ3v) is 7.77. The van der Waals surface area contributed by atoms with Crippen LogP contribution in [0.5, 0.6) is 0 Å². The number of amides is 1. The highest BCUT2D eigenvalue weighted by atomic mass is 32.2. The number of aryl methyl sites for hydroxylation is 1. The van der Waals surface area contributed by atoms with Crippen LogP contribution in [0.3, 0.4) is 0 Å². The molecule has 1 aliphatic heterocycles. The summed E-state index contributed by atoms with van der Waals surface area (Å²) in [4.78, 5) is 14.7. The van der Waals surface area contributed by atoms with Gasteiger partial charge in [-0.05, 0) is 47.9 Å². The van der Waals surface area contributed by atoms with Gasteiger partial charge < -0.3 is 10.2 Å². The van der Waals surface area contributed by atoms with Gasteiger partial charge in [-0.25, -0.2) is 8.42 Å². The molecule has 3 aromatic rings. The predicted molar refractivity (Wildman–Crippen MR) is 133 cm³/mol. The van der Waals surface area contributed by atoms with Crippen molar-refractivity contribution >= 4 is 21.6 Å². The summed E-state index contributed by atoms with van der Waals surface area (Å²) in [6.45, 7) is 4.35. The molecule has 6 nitrogen and oxygen atoms in total. The first-order valence-electron chi connectivity index (χ1n) is 11.2. The highest BCUT2D eigenvalue weighted by molar-refractivity contribution is 7.89. The first-order chi connectivity index (χ1) is 15.9. The summed E-state index contributed by atoms with van der Waals surface area (Å²) in [6, 6.07) is 25.5. The lowest BCUT2D eigenvalue weighted by Crippen LogP contribution is -2.50. The minimum absolute atomic E-state index is 0.0830. The molecule has 0 radical (unpaired) electrons. The fourth-order valence-corrected chi connectivity index (χ4v) is 5.36. The number of hydrogen-bond donors (Lipinski definition) is 1. The quantitative estimate of drug-likeness (QED) is 0.582. The van der Waals surface area contributed by atoms with Crippen LogP contribution in [0.4, 0.5) is 5.69 Å². The Kier molecular flexibility index (Phi) is 7.11. The van der Waals surface area contributed by atoms with Crippen LogP contribution in [0, 0.1) is 6.92 Å². The largest absolute Gasteiger partial charge is 0.369 e. The molecule has 33 heavy (non-hydrogen) atoms. The monoisotopic (exact) mass is 463 g/mol. The summed E-state index contributed by atoms with van der Waals surface area (Å²) < 4.78 is 27.0. The molecule has 0 bridgehead atoms. The number of carbonyl (C=O) groups is 1. The molecular weight excluding hydrogens is 434 g/mol. The Balaban J connectivity index is 1.26. The zero-order chi connectivity index (χ0) is 23.3. The predicted octanol–water partition coefficient (Wildman–Crippen LogP) is 3.54. The van der Waals surface area contributed by atoms with Gasteiger partial charge in [0.05, 0.1) is 5.75 Å². The number of nitrogens with one attached hydrogen (secondary N) is 1. The van der Waals surface area contributed by atoms with E-state index >= 15 is 0 Å². The van der Waals surface area contributed by atoms with Gasteiger partial charge in [0.2, 0.25) is 10.0 Å². The van der Waals surface area contributed by atoms with E-state index in [1.54, 1.807) is 12.1 Å². The molecule has 1 aliphatic rings. The summed E-state index contributed by atoms with van der Waals surface area (Å²) in [5.41, 5.74) is 4.93. The minimum Gasteiger partial charge on any atom is -0.369 e. The molecule has 3 aromatic carbocycles. The molecule has 0 unspecified atom stereocenters. The normalized spacial score (nSPS) is 14.8. The zero-order valence-electron chi connectivity index (χ0n) is 18.8. The first-order valence-corrected chi connectivity index (χ1v) is 12.8. The van der Waals surface area contributed by atoms with Crippen molar-refractivity contribution < 1.29 is 13.2 Å². The molecule has 1 heterocycles. The number of nitrogens with zero attached hydrogens (tertiary/aromatic N) is 2. The summed E-state index contributed by atoms with van der Waals surface area (Å²) in [6.07, 6.45) is 0. The number of piperazine rings is 1. The second-order valence-electron chi connectivity index (χ2n) is 8.24. The van der Waals surface area contributed by atoms with Gasteiger partial charge in [-0.2, -0.15) is 4.31 Å². The molecule has 172 valence electrons. The molecule has 0 atom stereocenters. The topological polar surface area (TPSA) is 69.7 Å². The highest BCUT2D eigenvalue weighted by Gasteiger charge is 2.27. The van der Waals surface area contributed by atoms with Crippen molar-refractivity contribution in [2.45, 2.75) is 6.92 Å². The van der Waals surface area contributed by atoms with Crippen molar-refractivity contribution in [2.75, 3.05) is 43.4 Å². The van der Waals surface area contributed by atoms with Crippen LogP contribution in [0.25, 0.3) is 11.1 Å². The van der Waals surface area contributed by atoms with E-state index in [0.29, 0.717) is 31.7 Å². The number of rotatable bonds is 7. The summed E-state index contributed by atoms with van der Waals surface area (Å²) >= 11 is 0. The summed E-state index contributed by atoms with van der Waals surface area (Å²) in [5.74, 6) is -0.375. The number of anilines is 1. The van der Waals surface area contributed by atoms with Crippen molar-refractivity contribution in [3.63, 3.8) is 0 Å². The van der Waals surface area contributed by atoms with Gasteiger partial charge in [0.15, 0.2) is 0 Å². The van der Waals surface area contributed by atoms with Gasteiger partial charge in [-0.15, -0.1) is 0 Å². The van der Waals surface area contributed by atoms with Gasteiger partial charge in [0.25, 0.3) is 5.91 Å². The zero-order valence-corrected chi connectivity index (χ0v) is 19.6. The Hall–Kier alpha value is -3.16. The third kappa shape index (κ3) is 5.80. The van der Waals surface area contributed by atoms with E-state index in [2.05, 4.69) is 35.3 Å². The van der Waals surface area contributed by atoms with Crippen LogP contribution < -0.4 is 10.2 Å². The number of carbonyl (C=O) groups excluding carboxylic acids is 1. The van der Waals surface area contributed by atoms with E-state index in [1.165, 1.54) is 9.87 Å². The van der Waals surface area contributed by atoms with Crippen molar-refractivity contribution in [3.8, 4) is 11.1 Å². The van der Waals surface area contributed by atoms with Gasteiger partial charge in [-0.1, -0.05) is 54.6 Å². The Morgan fingerprint density at radius 3 is 2.18 bits per heavy atom. The smallest absolute Gasteiger partial charge is 0.251 e. The second-order valence-corrected chi connectivity index (χ2v) is 10.3. The number of sulfonamides is 1. The molecule has 7 heteroatoms. The standard InChI is InChI=1S/C26H29N3O3S/c1-21-6-5-9-25(20-21)28-15-17-29(18-16-28)33(31,32)19-14-27-26(30)24-12-10-23(11-13-24)22-7-3-2-4-8-22/h2-13,20H,14-19H2,1H3,(H,27,30). The molecule has 0 aliphatic carbocycles. The van der Waals surface area contributed by atoms with E-state index < -0.39 is 10.0 Å². The van der Waals surface area contributed by atoms with E-state index in [0.717, 1.165) is 16.8 Å². The maximum absolute atomic E-state index is 12.8. The van der Waals surface area contributed by atoms with Crippen molar-refractivity contribution in [3.05, 3.63) is 90.0 Å². The molecular formula is C26H29N3O3S. The first kappa shape index (κ1) is 23.0. The summed E-state index contributed by atoms with van der Waals surface area (Å²) in [5, 5.41) is 2.74. The maximum atomic E-state index is 12.8. The maximum Gasteiger partial charge on any atom is 0.251 e. The van der Waals surface area contributed by atoms with Crippen molar-refractivity contribution in [2.24, 2.45) is 0 Å². The van der Waals surface area contributed by atoms with Gasteiger partial charge in [0.1, 0.15) is 0 Å². The van der Waals surface area contributed by atoms with Crippen molar-refractivity contribution in [1.29, 1.82) is 0 Å². The van der Waals surface area contributed by atoms with Gasteiger partial charge >= 0.3 is 0 Å². The summed E-state index contributed by atoms with van der Waals surface area (Å²) in [7, 11) is -3.43. The molecule has 1 fully saturated rings. The van der Waals surface area contributed by atoms with Crippen LogP contribution in [0.2, 0.25) is 0 Å². The third-order valence-electron chi connectivity index (χ3n) is 5.90. The van der Waals surface area contributed by atoms with Crippen LogP contribution in [-0.2, 0) is 10.0 Å². The van der Waals surface area contributed by atoms with Gasteiger partial charge in [0, 0.05) is 44.0 Å². The average Bonchev–Trinajstić information content (AvgIpc) is 2.84. The van der Waals surface area contributed by atoms with Crippen LogP contribution >= 0.6 is 0 Å². The Morgan fingerprint density at radius 2 is 1.52 bits per heavy atom. The number of hydrogen-bond acceptors (Lipinski definition) is 4. The van der Waals surface area contributed by atoms with E-state index in [1.807, 2.05) is 48.5 Å². The Labute approximate surface area is 195 Å². The average molecular weight is 464 g/mol. The molecule has 4 rings (SSSR count). The van der Waals surface area contributed by atoms with Gasteiger partial charge in [-0.3, -0.25) is 4.79 Å². The van der Waals surface area contributed by atoms with Crippen molar-refractivity contribution in [1.82, 2.24) is 9.62 Å². The lowest BCUT2D eigenvalue weighted by Gasteiger charge is -2.35. The van der Waals surface area contributed by atoms with E-state index in [4.69, 9.17) is 0 Å². The van der Waals surface area contributed by atoms with E-state index in [-0.39, 0.29) is 18.2 Å². The second kappa shape index (κ2) is 10.2.